The van der Waals surface area contributed by atoms with Crippen molar-refractivity contribution < 1.29 is 8.78 Å². The second-order valence-electron chi connectivity index (χ2n) is 4.18. The first-order valence-corrected chi connectivity index (χ1v) is 5.86. The van der Waals surface area contributed by atoms with Gasteiger partial charge in [0.25, 0.3) is 5.92 Å². The third-order valence-corrected chi connectivity index (χ3v) is 2.59. The predicted molar refractivity (Wildman–Crippen MR) is 66.3 cm³/mol. The lowest BCUT2D eigenvalue weighted by Gasteiger charge is -2.26. The van der Waals surface area contributed by atoms with Crippen LogP contribution >= 0.6 is 0 Å². The Morgan fingerprint density at radius 1 is 1.24 bits per heavy atom. The Bertz CT molecular complexity index is 314. The minimum atomic E-state index is -2.68. The molecule has 0 amide bonds. The lowest BCUT2D eigenvalue weighted by Crippen LogP contribution is -2.42. The zero-order valence-corrected chi connectivity index (χ0v) is 10.4. The van der Waals surface area contributed by atoms with Gasteiger partial charge in [-0.25, -0.2) is 8.78 Å². The lowest BCUT2D eigenvalue weighted by molar-refractivity contribution is -0.0299. The number of halogens is 2. The molecule has 0 heterocycles. The van der Waals surface area contributed by atoms with E-state index in [9.17, 15) is 8.78 Å². The van der Waals surface area contributed by atoms with E-state index in [1.807, 2.05) is 37.3 Å². The maximum absolute atomic E-state index is 13.5. The average Bonchev–Trinajstić information content (AvgIpc) is 2.29. The Labute approximate surface area is 102 Å². The molecule has 1 aromatic carbocycles. The average molecular weight is 242 g/mol. The lowest BCUT2D eigenvalue weighted by atomic mass is 10.2. The van der Waals surface area contributed by atoms with Gasteiger partial charge in [-0.2, -0.15) is 0 Å². The van der Waals surface area contributed by atoms with Crippen molar-refractivity contribution in [3.63, 3.8) is 0 Å². The number of hydrogen-bond donors (Lipinski definition) is 1. The summed E-state index contributed by atoms with van der Waals surface area (Å²) in [5, 5.41) is 2.52. The highest BCUT2D eigenvalue weighted by molar-refractivity contribution is 5.14. The number of hydrogen-bond acceptors (Lipinski definition) is 2. The van der Waals surface area contributed by atoms with Crippen molar-refractivity contribution in [2.24, 2.45) is 0 Å². The summed E-state index contributed by atoms with van der Waals surface area (Å²) in [5.41, 5.74) is 1.06. The van der Waals surface area contributed by atoms with E-state index in [2.05, 4.69) is 5.32 Å². The van der Waals surface area contributed by atoms with E-state index in [0.29, 0.717) is 13.1 Å². The van der Waals surface area contributed by atoms with Gasteiger partial charge < -0.3 is 5.32 Å². The quantitative estimate of drug-likeness (QED) is 0.789. The van der Waals surface area contributed by atoms with Crippen molar-refractivity contribution in [2.45, 2.75) is 19.4 Å². The van der Waals surface area contributed by atoms with Crippen LogP contribution in [-0.4, -0.2) is 37.5 Å². The molecular formula is C13H20F2N2. The zero-order chi connectivity index (χ0) is 12.7. The third kappa shape index (κ3) is 5.24. The largest absolute Gasteiger partial charge is 0.314 e. The smallest absolute Gasteiger partial charge is 0.272 e. The molecule has 0 aliphatic carbocycles. The van der Waals surface area contributed by atoms with Crippen LogP contribution in [0.4, 0.5) is 8.78 Å². The van der Waals surface area contributed by atoms with Crippen LogP contribution in [-0.2, 0) is 6.54 Å². The van der Waals surface area contributed by atoms with E-state index in [1.165, 1.54) is 0 Å². The van der Waals surface area contributed by atoms with E-state index in [-0.39, 0.29) is 13.1 Å². The van der Waals surface area contributed by atoms with Crippen molar-refractivity contribution >= 4 is 0 Å². The van der Waals surface area contributed by atoms with Crippen molar-refractivity contribution in [2.75, 3.05) is 26.7 Å². The molecule has 0 saturated heterocycles. The molecule has 17 heavy (non-hydrogen) atoms. The first-order chi connectivity index (χ1) is 8.07. The van der Waals surface area contributed by atoms with Gasteiger partial charge in [-0.1, -0.05) is 37.3 Å². The summed E-state index contributed by atoms with van der Waals surface area (Å²) >= 11 is 0. The van der Waals surface area contributed by atoms with Crippen LogP contribution in [0.25, 0.3) is 0 Å². The Kier molecular flexibility index (Phi) is 5.51. The van der Waals surface area contributed by atoms with Gasteiger partial charge >= 0.3 is 0 Å². The highest BCUT2D eigenvalue weighted by atomic mass is 19.3. The molecule has 0 fully saturated rings. The van der Waals surface area contributed by atoms with Crippen LogP contribution in [0.1, 0.15) is 12.5 Å². The maximum atomic E-state index is 13.5. The summed E-state index contributed by atoms with van der Waals surface area (Å²) in [4.78, 5) is 1.76. The number of alkyl halides is 2. The van der Waals surface area contributed by atoms with Gasteiger partial charge in [0.05, 0.1) is 13.1 Å². The Hall–Kier alpha value is -1.00. The van der Waals surface area contributed by atoms with Gasteiger partial charge in [-0.15, -0.1) is 0 Å². The SMILES string of the molecule is CCN(Cc1ccccc1)CC(F)(F)CNC. The van der Waals surface area contributed by atoms with Crippen molar-refractivity contribution in [1.29, 1.82) is 0 Å². The van der Waals surface area contributed by atoms with Crippen LogP contribution in [0.3, 0.4) is 0 Å². The second-order valence-corrected chi connectivity index (χ2v) is 4.18. The van der Waals surface area contributed by atoms with Gasteiger partial charge in [0.1, 0.15) is 0 Å². The van der Waals surface area contributed by atoms with Gasteiger partial charge in [-0.05, 0) is 19.2 Å². The van der Waals surface area contributed by atoms with Gasteiger partial charge in [0.2, 0.25) is 0 Å². The molecule has 0 spiro atoms. The highest BCUT2D eigenvalue weighted by Gasteiger charge is 2.30. The molecule has 0 atom stereocenters. The molecule has 4 heteroatoms. The van der Waals surface area contributed by atoms with Gasteiger partial charge in [0, 0.05) is 6.54 Å². The fourth-order valence-corrected chi connectivity index (χ4v) is 1.76. The predicted octanol–water partition coefficient (Wildman–Crippen LogP) is 2.36. The van der Waals surface area contributed by atoms with Crippen LogP contribution in [0.15, 0.2) is 30.3 Å². The van der Waals surface area contributed by atoms with Crippen molar-refractivity contribution in [1.82, 2.24) is 10.2 Å². The summed E-state index contributed by atoms with van der Waals surface area (Å²) < 4.78 is 26.9. The highest BCUT2D eigenvalue weighted by Crippen LogP contribution is 2.15. The Balaban J connectivity index is 2.55. The van der Waals surface area contributed by atoms with Gasteiger partial charge in [-0.3, -0.25) is 4.90 Å². The molecule has 1 rings (SSSR count). The molecule has 1 aromatic rings. The second kappa shape index (κ2) is 6.67. The van der Waals surface area contributed by atoms with E-state index in [4.69, 9.17) is 0 Å². The summed E-state index contributed by atoms with van der Waals surface area (Å²) in [5.74, 6) is -2.68. The molecule has 96 valence electrons. The minimum absolute atomic E-state index is 0.209. The molecule has 0 bridgehead atoms. The van der Waals surface area contributed by atoms with Crippen LogP contribution in [0.2, 0.25) is 0 Å². The number of rotatable bonds is 7. The molecule has 1 N–H and O–H groups in total. The maximum Gasteiger partial charge on any atom is 0.272 e. The van der Waals surface area contributed by atoms with Gasteiger partial charge in [0.15, 0.2) is 0 Å². The van der Waals surface area contributed by atoms with Crippen LogP contribution < -0.4 is 5.32 Å². The monoisotopic (exact) mass is 242 g/mol. The van der Waals surface area contributed by atoms with Crippen LogP contribution in [0.5, 0.6) is 0 Å². The Morgan fingerprint density at radius 3 is 2.41 bits per heavy atom. The number of nitrogens with one attached hydrogen (secondary N) is 1. The van der Waals surface area contributed by atoms with Crippen LogP contribution in [0, 0.1) is 0 Å². The molecule has 0 aliphatic heterocycles. The first-order valence-electron chi connectivity index (χ1n) is 5.86. The normalized spacial score (nSPS) is 12.1. The minimum Gasteiger partial charge on any atom is -0.314 e. The van der Waals surface area contributed by atoms with E-state index in [0.717, 1.165) is 5.56 Å². The Morgan fingerprint density at radius 2 is 1.88 bits per heavy atom. The molecule has 0 aliphatic rings. The summed E-state index contributed by atoms with van der Waals surface area (Å²) in [6.07, 6.45) is 0. The number of benzene rings is 1. The molecule has 0 saturated carbocycles. The molecule has 0 radical (unpaired) electrons. The zero-order valence-electron chi connectivity index (χ0n) is 10.4. The third-order valence-electron chi connectivity index (χ3n) is 2.59. The fourth-order valence-electron chi connectivity index (χ4n) is 1.76. The van der Waals surface area contributed by atoms with E-state index >= 15 is 0 Å². The molecule has 0 aromatic heterocycles. The summed E-state index contributed by atoms with van der Waals surface area (Å²) in [6.45, 7) is 2.60. The van der Waals surface area contributed by atoms with Crippen molar-refractivity contribution in [3.05, 3.63) is 35.9 Å². The summed E-state index contributed by atoms with van der Waals surface area (Å²) in [6, 6.07) is 9.69. The summed E-state index contributed by atoms with van der Waals surface area (Å²) in [7, 11) is 1.54. The van der Waals surface area contributed by atoms with E-state index in [1.54, 1.807) is 11.9 Å². The first kappa shape index (κ1) is 14.1. The topological polar surface area (TPSA) is 15.3 Å². The standard InChI is InChI=1S/C13H20F2N2/c1-3-17(11-13(14,15)10-16-2)9-12-7-5-4-6-8-12/h4-8,16H,3,9-11H2,1-2H3. The molecular weight excluding hydrogens is 222 g/mol. The van der Waals surface area contributed by atoms with Crippen molar-refractivity contribution in [3.8, 4) is 0 Å². The molecule has 0 unspecified atom stereocenters. The fraction of sp³-hybridized carbons (Fsp3) is 0.538. The molecule has 2 nitrogen and oxygen atoms in total. The number of nitrogens with zero attached hydrogens (tertiary/aromatic N) is 1. The van der Waals surface area contributed by atoms with E-state index < -0.39 is 5.92 Å².